The number of alkyl carbamates (subject to hydrolysis) is 1. The van der Waals surface area contributed by atoms with Crippen LogP contribution in [0.5, 0.6) is 0 Å². The van der Waals surface area contributed by atoms with E-state index in [9.17, 15) is 9.59 Å². The highest BCUT2D eigenvalue weighted by molar-refractivity contribution is 8.76. The van der Waals surface area contributed by atoms with E-state index in [0.717, 1.165) is 25.7 Å². The van der Waals surface area contributed by atoms with Crippen molar-refractivity contribution in [2.45, 2.75) is 39.5 Å². The minimum absolute atomic E-state index is 0.105. The van der Waals surface area contributed by atoms with Crippen LogP contribution in [0.2, 0.25) is 0 Å². The predicted octanol–water partition coefficient (Wildman–Crippen LogP) is 2.83. The molecule has 5 nitrogen and oxygen atoms in total. The quantitative estimate of drug-likeness (QED) is 0.450. The molecule has 0 spiro atoms. The molecule has 0 aromatic carbocycles. The van der Waals surface area contributed by atoms with Crippen LogP contribution >= 0.6 is 21.6 Å². The van der Waals surface area contributed by atoms with E-state index >= 15 is 0 Å². The third-order valence-corrected chi connectivity index (χ3v) is 4.88. The molecule has 2 amide bonds. The lowest BCUT2D eigenvalue weighted by Gasteiger charge is -2.14. The predicted molar refractivity (Wildman–Crippen MR) is 84.8 cm³/mol. The summed E-state index contributed by atoms with van der Waals surface area (Å²) in [5.74, 6) is 0.957. The lowest BCUT2D eigenvalue weighted by molar-refractivity contribution is -0.124. The van der Waals surface area contributed by atoms with E-state index in [0.29, 0.717) is 11.5 Å². The number of carbonyl (C=O) groups is 2. The van der Waals surface area contributed by atoms with Crippen LogP contribution in [-0.4, -0.2) is 41.8 Å². The van der Waals surface area contributed by atoms with E-state index in [1.807, 2.05) is 13.8 Å². The molecule has 0 aliphatic rings. The molecular weight excluding hydrogens is 298 g/mol. The average Bonchev–Trinajstić information content (AvgIpc) is 2.42. The summed E-state index contributed by atoms with van der Waals surface area (Å²) in [6, 6.07) is 0. The molecule has 0 fully saturated rings. The van der Waals surface area contributed by atoms with Crippen LogP contribution in [0, 0.1) is 5.92 Å². The van der Waals surface area contributed by atoms with E-state index in [1.54, 1.807) is 0 Å². The van der Waals surface area contributed by atoms with Gasteiger partial charge in [-0.15, -0.1) is 0 Å². The van der Waals surface area contributed by atoms with Gasteiger partial charge in [-0.25, -0.2) is 4.79 Å². The van der Waals surface area contributed by atoms with E-state index in [-0.39, 0.29) is 25.0 Å². The molecule has 0 saturated heterocycles. The number of hydrogen-bond donors (Lipinski definition) is 2. The highest BCUT2D eigenvalue weighted by Gasteiger charge is 2.19. The fraction of sp³-hybridized carbons (Fsp3) is 0.846. The Hall–Kier alpha value is -0.400. The van der Waals surface area contributed by atoms with Crippen LogP contribution in [0.15, 0.2) is 0 Å². The van der Waals surface area contributed by atoms with Crippen molar-refractivity contribution in [3.8, 4) is 0 Å². The number of ether oxygens (including phenoxy) is 1. The number of amides is 2. The lowest BCUT2D eigenvalue weighted by atomic mass is 9.97. The summed E-state index contributed by atoms with van der Waals surface area (Å²) in [5.41, 5.74) is 0. The van der Waals surface area contributed by atoms with Crippen LogP contribution in [0.1, 0.15) is 39.5 Å². The Bertz CT molecular complexity index is 271. The van der Waals surface area contributed by atoms with E-state index in [4.69, 9.17) is 9.84 Å². The molecule has 20 heavy (non-hydrogen) atoms. The number of carbonyl (C=O) groups excluding carboxylic acids is 2. The van der Waals surface area contributed by atoms with Gasteiger partial charge in [-0.3, -0.25) is 10.1 Å². The highest BCUT2D eigenvalue weighted by atomic mass is 33.1. The van der Waals surface area contributed by atoms with Gasteiger partial charge in [0.25, 0.3) is 0 Å². The molecule has 118 valence electrons. The van der Waals surface area contributed by atoms with Gasteiger partial charge in [0.15, 0.2) is 0 Å². The van der Waals surface area contributed by atoms with Crippen molar-refractivity contribution in [1.82, 2.24) is 5.32 Å². The maximum absolute atomic E-state index is 11.9. The van der Waals surface area contributed by atoms with Gasteiger partial charge in [-0.1, -0.05) is 48.3 Å². The Morgan fingerprint density at radius 3 is 2.30 bits per heavy atom. The number of aliphatic hydroxyl groups is 1. The molecular formula is C13H25NO4S2. The first-order valence-corrected chi connectivity index (χ1v) is 9.47. The fourth-order valence-electron chi connectivity index (χ4n) is 1.67. The smallest absolute Gasteiger partial charge is 0.413 e. The molecule has 0 heterocycles. The summed E-state index contributed by atoms with van der Waals surface area (Å²) < 4.78 is 4.93. The summed E-state index contributed by atoms with van der Waals surface area (Å²) >= 11 is 0. The van der Waals surface area contributed by atoms with Crippen molar-refractivity contribution in [2.24, 2.45) is 5.92 Å². The first kappa shape index (κ1) is 19.6. The molecule has 0 aliphatic heterocycles. The molecule has 0 bridgehead atoms. The molecule has 2 N–H and O–H groups in total. The maximum atomic E-state index is 11.9. The van der Waals surface area contributed by atoms with Crippen LogP contribution in [-0.2, 0) is 9.53 Å². The molecule has 0 aliphatic carbocycles. The van der Waals surface area contributed by atoms with Gasteiger partial charge in [-0.05, 0) is 12.8 Å². The third-order valence-electron chi connectivity index (χ3n) is 2.53. The zero-order chi connectivity index (χ0) is 15.2. The largest absolute Gasteiger partial charge is 0.448 e. The summed E-state index contributed by atoms with van der Waals surface area (Å²) in [4.78, 5) is 23.3. The molecule has 0 atom stereocenters. The zero-order valence-electron chi connectivity index (χ0n) is 12.2. The maximum Gasteiger partial charge on any atom is 0.413 e. The molecule has 0 rings (SSSR count). The molecule has 7 heteroatoms. The SMILES string of the molecule is CCCC(CCC)C(=O)NC(=O)OCCSSCCO. The highest BCUT2D eigenvalue weighted by Crippen LogP contribution is 2.19. The van der Waals surface area contributed by atoms with Crippen LogP contribution in [0.4, 0.5) is 4.79 Å². The van der Waals surface area contributed by atoms with Gasteiger partial charge in [0.2, 0.25) is 5.91 Å². The second-order valence-corrected chi connectivity index (χ2v) is 6.97. The first-order chi connectivity index (χ1) is 9.65. The molecule has 0 unspecified atom stereocenters. The van der Waals surface area contributed by atoms with Crippen LogP contribution in [0.3, 0.4) is 0 Å². The Kier molecular flexibility index (Phi) is 13.3. The van der Waals surface area contributed by atoms with Crippen molar-refractivity contribution < 1.29 is 19.4 Å². The van der Waals surface area contributed by atoms with Gasteiger partial charge in [0.05, 0.1) is 6.61 Å². The second-order valence-electron chi connectivity index (χ2n) is 4.27. The fourth-order valence-corrected chi connectivity index (χ4v) is 3.26. The van der Waals surface area contributed by atoms with Crippen LogP contribution in [0.25, 0.3) is 0 Å². The van der Waals surface area contributed by atoms with Crippen molar-refractivity contribution in [1.29, 1.82) is 0 Å². The Morgan fingerprint density at radius 1 is 1.15 bits per heavy atom. The lowest BCUT2D eigenvalue weighted by Crippen LogP contribution is -2.36. The Morgan fingerprint density at radius 2 is 1.75 bits per heavy atom. The van der Waals surface area contributed by atoms with Gasteiger partial charge in [0.1, 0.15) is 6.61 Å². The van der Waals surface area contributed by atoms with Gasteiger partial charge in [-0.2, -0.15) is 0 Å². The van der Waals surface area contributed by atoms with Crippen molar-refractivity contribution in [3.05, 3.63) is 0 Å². The van der Waals surface area contributed by atoms with Crippen molar-refractivity contribution in [3.63, 3.8) is 0 Å². The third kappa shape index (κ3) is 10.4. The van der Waals surface area contributed by atoms with E-state index < -0.39 is 6.09 Å². The topological polar surface area (TPSA) is 75.6 Å². The second kappa shape index (κ2) is 13.6. The number of aliphatic hydroxyl groups excluding tert-OH is 1. The minimum Gasteiger partial charge on any atom is -0.448 e. The summed E-state index contributed by atoms with van der Waals surface area (Å²) in [5, 5.41) is 10.9. The molecule has 0 aromatic heterocycles. The number of hydrogen-bond acceptors (Lipinski definition) is 6. The monoisotopic (exact) mass is 323 g/mol. The van der Waals surface area contributed by atoms with Gasteiger partial charge in [0, 0.05) is 17.4 Å². The molecule has 0 aromatic rings. The van der Waals surface area contributed by atoms with Crippen molar-refractivity contribution >= 4 is 33.6 Å². The summed E-state index contributed by atoms with van der Waals surface area (Å²) in [7, 11) is 3.05. The summed E-state index contributed by atoms with van der Waals surface area (Å²) in [6.45, 7) is 4.45. The Balaban J connectivity index is 3.79. The minimum atomic E-state index is -0.667. The normalized spacial score (nSPS) is 10.6. The first-order valence-electron chi connectivity index (χ1n) is 6.98. The van der Waals surface area contributed by atoms with Crippen molar-refractivity contribution in [2.75, 3.05) is 24.7 Å². The molecule has 0 radical (unpaired) electrons. The molecule has 0 saturated carbocycles. The van der Waals surface area contributed by atoms with Crippen LogP contribution < -0.4 is 5.32 Å². The number of imide groups is 1. The van der Waals surface area contributed by atoms with E-state index in [2.05, 4.69) is 5.32 Å². The van der Waals surface area contributed by atoms with Gasteiger partial charge >= 0.3 is 6.09 Å². The average molecular weight is 323 g/mol. The van der Waals surface area contributed by atoms with Gasteiger partial charge < -0.3 is 9.84 Å². The Labute approximate surface area is 129 Å². The standard InChI is InChI=1S/C13H25NO4S2/c1-3-5-11(6-4-2)12(16)14-13(17)18-8-10-20-19-9-7-15/h11,15H,3-10H2,1-2H3,(H,14,16,17). The number of nitrogens with one attached hydrogen (secondary N) is 1. The number of rotatable bonds is 11. The summed E-state index contributed by atoms with van der Waals surface area (Å²) in [6.07, 6.45) is 2.76. The zero-order valence-corrected chi connectivity index (χ0v) is 13.9. The van der Waals surface area contributed by atoms with E-state index in [1.165, 1.54) is 21.6 Å².